The summed E-state index contributed by atoms with van der Waals surface area (Å²) in [5, 5.41) is 20.6. The fourth-order valence-corrected chi connectivity index (χ4v) is 2.13. The zero-order chi connectivity index (χ0) is 12.5. The largest absolute Gasteiger partial charge is 0.396 e. The number of nitrogens with two attached hydrogens (primary N) is 1. The van der Waals surface area contributed by atoms with Gasteiger partial charge in [0.05, 0.1) is 16.9 Å². The smallest absolute Gasteiger partial charge is 0.101 e. The normalized spacial score (nSPS) is 9.88. The van der Waals surface area contributed by atoms with Crippen molar-refractivity contribution in [1.82, 2.24) is 0 Å². The third-order valence-electron chi connectivity index (χ3n) is 2.24. The molecular weight excluding hydrogens is 234 g/mol. The summed E-state index contributed by atoms with van der Waals surface area (Å²) in [5.74, 6) is 1.92. The van der Waals surface area contributed by atoms with Gasteiger partial charge in [0.25, 0.3) is 0 Å². The fraction of sp³-hybridized carbons (Fsp3) is 0.417. The number of thioether (sulfide) groups is 1. The molecule has 0 bridgehead atoms. The molecule has 0 spiro atoms. The molecule has 92 valence electrons. The number of nitriles is 1. The Kier molecular flexibility index (Phi) is 6.30. The van der Waals surface area contributed by atoms with Gasteiger partial charge in [-0.2, -0.15) is 17.0 Å². The molecule has 0 aromatic heterocycles. The predicted octanol–water partition coefficient (Wildman–Crippen LogP) is 1.67. The molecule has 0 saturated carbocycles. The van der Waals surface area contributed by atoms with E-state index in [0.717, 1.165) is 30.2 Å². The zero-order valence-electron chi connectivity index (χ0n) is 9.65. The van der Waals surface area contributed by atoms with Crippen LogP contribution < -0.4 is 11.1 Å². The number of nitrogen functional groups attached to an aromatic ring is 1. The maximum absolute atomic E-state index is 8.83. The summed E-state index contributed by atoms with van der Waals surface area (Å²) in [6.07, 6.45) is 0.830. The van der Waals surface area contributed by atoms with Crippen LogP contribution in [-0.4, -0.2) is 29.8 Å². The predicted molar refractivity (Wildman–Crippen MR) is 73.1 cm³/mol. The highest BCUT2D eigenvalue weighted by molar-refractivity contribution is 7.99. The second-order valence-corrected chi connectivity index (χ2v) is 4.72. The van der Waals surface area contributed by atoms with Crippen LogP contribution in [0.15, 0.2) is 18.2 Å². The van der Waals surface area contributed by atoms with E-state index in [4.69, 9.17) is 16.1 Å². The molecule has 0 saturated heterocycles. The molecular formula is C12H17N3OS. The molecule has 0 aliphatic heterocycles. The summed E-state index contributed by atoms with van der Waals surface area (Å²) in [6.45, 7) is 1.05. The molecule has 5 heteroatoms. The van der Waals surface area contributed by atoms with Gasteiger partial charge < -0.3 is 16.2 Å². The Morgan fingerprint density at radius 1 is 1.41 bits per heavy atom. The van der Waals surface area contributed by atoms with Gasteiger partial charge in [-0.15, -0.1) is 0 Å². The van der Waals surface area contributed by atoms with E-state index in [1.54, 1.807) is 17.8 Å². The van der Waals surface area contributed by atoms with E-state index in [0.29, 0.717) is 11.3 Å². The van der Waals surface area contributed by atoms with E-state index in [-0.39, 0.29) is 6.61 Å². The number of hydrogen-bond donors (Lipinski definition) is 3. The molecule has 0 heterocycles. The molecule has 1 aromatic carbocycles. The summed E-state index contributed by atoms with van der Waals surface area (Å²) in [7, 11) is 0. The fourth-order valence-electron chi connectivity index (χ4n) is 1.34. The van der Waals surface area contributed by atoms with Crippen molar-refractivity contribution in [1.29, 1.82) is 5.26 Å². The molecule has 4 N–H and O–H groups in total. The van der Waals surface area contributed by atoms with Crippen molar-refractivity contribution in [2.45, 2.75) is 6.42 Å². The first kappa shape index (κ1) is 13.7. The van der Waals surface area contributed by atoms with Crippen molar-refractivity contribution in [3.8, 4) is 6.07 Å². The van der Waals surface area contributed by atoms with E-state index in [1.807, 2.05) is 12.1 Å². The number of rotatable bonds is 7. The van der Waals surface area contributed by atoms with E-state index < -0.39 is 0 Å². The van der Waals surface area contributed by atoms with Crippen molar-refractivity contribution in [3.63, 3.8) is 0 Å². The minimum Gasteiger partial charge on any atom is -0.396 e. The summed E-state index contributed by atoms with van der Waals surface area (Å²) in [4.78, 5) is 0. The summed E-state index contributed by atoms with van der Waals surface area (Å²) in [5.41, 5.74) is 7.66. The Morgan fingerprint density at radius 3 is 2.94 bits per heavy atom. The topological polar surface area (TPSA) is 82.1 Å². The van der Waals surface area contributed by atoms with Crippen molar-refractivity contribution in [2.75, 3.05) is 35.7 Å². The number of nitrogens with one attached hydrogen (secondary N) is 1. The number of hydrogen-bond acceptors (Lipinski definition) is 5. The first-order valence-corrected chi connectivity index (χ1v) is 6.66. The van der Waals surface area contributed by atoms with Crippen LogP contribution in [0, 0.1) is 11.3 Å². The third kappa shape index (κ3) is 4.55. The first-order chi connectivity index (χ1) is 8.29. The molecule has 0 amide bonds. The zero-order valence-corrected chi connectivity index (χ0v) is 10.5. The van der Waals surface area contributed by atoms with Gasteiger partial charge >= 0.3 is 0 Å². The highest BCUT2D eigenvalue weighted by atomic mass is 32.2. The van der Waals surface area contributed by atoms with Gasteiger partial charge in [-0.1, -0.05) is 6.07 Å². The summed E-state index contributed by atoms with van der Waals surface area (Å²) in [6, 6.07) is 7.45. The average molecular weight is 251 g/mol. The maximum Gasteiger partial charge on any atom is 0.101 e. The van der Waals surface area contributed by atoms with Crippen LogP contribution in [0.4, 0.5) is 11.4 Å². The van der Waals surface area contributed by atoms with Crippen LogP contribution in [0.2, 0.25) is 0 Å². The minimum atomic E-state index is 0.248. The summed E-state index contributed by atoms with van der Waals surface area (Å²) >= 11 is 1.78. The van der Waals surface area contributed by atoms with E-state index in [2.05, 4.69) is 11.4 Å². The first-order valence-electron chi connectivity index (χ1n) is 5.50. The number of anilines is 2. The van der Waals surface area contributed by atoms with Crippen molar-refractivity contribution >= 4 is 23.1 Å². The van der Waals surface area contributed by atoms with E-state index >= 15 is 0 Å². The Balaban J connectivity index is 2.35. The maximum atomic E-state index is 8.83. The SMILES string of the molecule is N#Cc1cccc(NCCSCCCO)c1N. The highest BCUT2D eigenvalue weighted by Gasteiger charge is 2.02. The Hall–Kier alpha value is -1.38. The number of aliphatic hydroxyl groups is 1. The van der Waals surface area contributed by atoms with Crippen LogP contribution in [-0.2, 0) is 0 Å². The molecule has 17 heavy (non-hydrogen) atoms. The Morgan fingerprint density at radius 2 is 2.24 bits per heavy atom. The van der Waals surface area contributed by atoms with Gasteiger partial charge in [-0.25, -0.2) is 0 Å². The molecule has 1 rings (SSSR count). The molecule has 4 nitrogen and oxygen atoms in total. The van der Waals surface area contributed by atoms with Crippen molar-refractivity contribution < 1.29 is 5.11 Å². The minimum absolute atomic E-state index is 0.248. The molecule has 0 fully saturated rings. The van der Waals surface area contributed by atoms with Crippen LogP contribution in [0.3, 0.4) is 0 Å². The standard InChI is InChI=1S/C12H17N3OS/c13-9-10-3-1-4-11(12(10)14)15-5-8-17-7-2-6-16/h1,3-4,15-16H,2,5-8,14H2. The van der Waals surface area contributed by atoms with Crippen molar-refractivity contribution in [2.24, 2.45) is 0 Å². The van der Waals surface area contributed by atoms with Crippen LogP contribution in [0.1, 0.15) is 12.0 Å². The number of aliphatic hydroxyl groups excluding tert-OH is 1. The molecule has 0 aliphatic rings. The lowest BCUT2D eigenvalue weighted by Crippen LogP contribution is -2.07. The Labute approximate surface area is 106 Å². The number of nitrogens with zero attached hydrogens (tertiary/aromatic N) is 1. The summed E-state index contributed by atoms with van der Waals surface area (Å²) < 4.78 is 0. The van der Waals surface area contributed by atoms with Gasteiger partial charge in [0.2, 0.25) is 0 Å². The van der Waals surface area contributed by atoms with E-state index in [1.165, 1.54) is 0 Å². The quantitative estimate of drug-likeness (QED) is 0.507. The highest BCUT2D eigenvalue weighted by Crippen LogP contribution is 2.21. The number of para-hydroxylation sites is 1. The van der Waals surface area contributed by atoms with Gasteiger partial charge in [0, 0.05) is 18.9 Å². The van der Waals surface area contributed by atoms with Gasteiger partial charge in [-0.05, 0) is 24.3 Å². The lowest BCUT2D eigenvalue weighted by Gasteiger charge is -2.09. The second kappa shape index (κ2) is 7.82. The molecule has 1 aromatic rings. The van der Waals surface area contributed by atoms with Gasteiger partial charge in [0.15, 0.2) is 0 Å². The third-order valence-corrected chi connectivity index (χ3v) is 3.31. The molecule has 0 aliphatic carbocycles. The monoisotopic (exact) mass is 251 g/mol. The Bertz CT molecular complexity index is 390. The lowest BCUT2D eigenvalue weighted by molar-refractivity contribution is 0.296. The molecule has 0 unspecified atom stereocenters. The van der Waals surface area contributed by atoms with Gasteiger partial charge in [-0.3, -0.25) is 0 Å². The lowest BCUT2D eigenvalue weighted by atomic mass is 10.1. The van der Waals surface area contributed by atoms with Crippen LogP contribution >= 0.6 is 11.8 Å². The van der Waals surface area contributed by atoms with Crippen LogP contribution in [0.25, 0.3) is 0 Å². The van der Waals surface area contributed by atoms with Gasteiger partial charge in [0.1, 0.15) is 6.07 Å². The number of benzene rings is 1. The second-order valence-electron chi connectivity index (χ2n) is 3.49. The van der Waals surface area contributed by atoms with Crippen molar-refractivity contribution in [3.05, 3.63) is 23.8 Å². The van der Waals surface area contributed by atoms with Crippen LogP contribution in [0.5, 0.6) is 0 Å². The molecule has 0 atom stereocenters. The molecule has 0 radical (unpaired) electrons. The average Bonchev–Trinajstić information content (AvgIpc) is 2.35. The van der Waals surface area contributed by atoms with E-state index in [9.17, 15) is 0 Å².